The molecular formula is C20H27FN5O4+. The summed E-state index contributed by atoms with van der Waals surface area (Å²) in [4.78, 5) is 52.9. The van der Waals surface area contributed by atoms with E-state index in [1.807, 2.05) is 0 Å². The highest BCUT2D eigenvalue weighted by Gasteiger charge is 2.47. The van der Waals surface area contributed by atoms with E-state index < -0.39 is 11.6 Å². The lowest BCUT2D eigenvalue weighted by Gasteiger charge is -2.32. The Kier molecular flexibility index (Phi) is 6.35. The maximum Gasteiger partial charge on any atom is 0.325 e. The summed E-state index contributed by atoms with van der Waals surface area (Å²) in [5.74, 6) is -1.22. The second-order valence-corrected chi connectivity index (χ2v) is 7.87. The highest BCUT2D eigenvalue weighted by Crippen LogP contribution is 2.20. The van der Waals surface area contributed by atoms with Gasteiger partial charge >= 0.3 is 6.03 Å². The number of nitrogens with zero attached hydrogens (tertiary/aromatic N) is 2. The molecule has 0 spiro atoms. The number of imide groups is 1. The molecule has 5 amide bonds. The molecule has 2 aliphatic heterocycles. The fraction of sp³-hybridized carbons (Fsp3) is 0.500. The number of hydrogen-bond donors (Lipinski definition) is 3. The quantitative estimate of drug-likeness (QED) is 0.525. The molecule has 2 saturated heterocycles. The minimum absolute atomic E-state index is 0.186. The molecule has 162 valence electrons. The van der Waals surface area contributed by atoms with Gasteiger partial charge in [-0.05, 0) is 37.6 Å². The standard InChI is InChI=1S/C20H26FN5O4/c1-3-20(2)18(29)26(19(30)23-20)13-17(28)25-10-8-24(9-11-25)12-16(27)22-15-6-4-14(21)5-7-15/h4-7H,3,8-13H2,1-2H3,(H,22,27)(H,23,30)/p+1/t20-/m0/s1. The van der Waals surface area contributed by atoms with Crippen LogP contribution in [0.1, 0.15) is 20.3 Å². The van der Waals surface area contributed by atoms with Crippen molar-refractivity contribution in [1.29, 1.82) is 0 Å². The lowest BCUT2D eigenvalue weighted by Crippen LogP contribution is -3.15. The molecule has 2 fully saturated rings. The first-order chi connectivity index (χ1) is 14.2. The van der Waals surface area contributed by atoms with Gasteiger partial charge in [0.05, 0.1) is 26.2 Å². The average Bonchev–Trinajstić information content (AvgIpc) is 2.93. The monoisotopic (exact) mass is 420 g/mol. The zero-order valence-corrected chi connectivity index (χ0v) is 17.2. The van der Waals surface area contributed by atoms with Crippen LogP contribution in [0.5, 0.6) is 0 Å². The Bertz CT molecular complexity index is 838. The Hall–Kier alpha value is -3.01. The van der Waals surface area contributed by atoms with Gasteiger partial charge in [-0.1, -0.05) is 6.92 Å². The van der Waals surface area contributed by atoms with Crippen LogP contribution in [0.25, 0.3) is 0 Å². The van der Waals surface area contributed by atoms with Gasteiger partial charge in [0.1, 0.15) is 17.9 Å². The summed E-state index contributed by atoms with van der Waals surface area (Å²) in [7, 11) is 0. The SMILES string of the molecule is CC[C@]1(C)NC(=O)N(CC(=O)N2CC[NH+](CC(=O)Nc3ccc(F)cc3)CC2)C1=O. The molecule has 1 atom stereocenters. The molecule has 3 N–H and O–H groups in total. The first-order valence-corrected chi connectivity index (χ1v) is 10.0. The highest BCUT2D eigenvalue weighted by atomic mass is 19.1. The number of quaternary nitrogens is 1. The number of halogens is 1. The number of hydrogen-bond acceptors (Lipinski definition) is 4. The fourth-order valence-corrected chi connectivity index (χ4v) is 3.58. The molecule has 9 nitrogen and oxygen atoms in total. The first kappa shape index (κ1) is 21.7. The van der Waals surface area contributed by atoms with Crippen molar-refractivity contribution in [2.24, 2.45) is 0 Å². The number of carbonyl (C=O) groups excluding carboxylic acids is 4. The molecule has 2 aliphatic rings. The minimum Gasteiger partial charge on any atom is -0.330 e. The molecule has 0 unspecified atom stereocenters. The summed E-state index contributed by atoms with van der Waals surface area (Å²) < 4.78 is 12.9. The smallest absolute Gasteiger partial charge is 0.325 e. The van der Waals surface area contributed by atoms with Gasteiger partial charge in [0.15, 0.2) is 6.54 Å². The third-order valence-corrected chi connectivity index (χ3v) is 5.71. The molecule has 3 rings (SSSR count). The number of rotatable bonds is 6. The number of anilines is 1. The number of amides is 5. The van der Waals surface area contributed by atoms with Crippen LogP contribution in [0.4, 0.5) is 14.9 Å². The van der Waals surface area contributed by atoms with Gasteiger partial charge < -0.3 is 20.4 Å². The summed E-state index contributed by atoms with van der Waals surface area (Å²) in [6, 6.07) is 5.01. The molecular weight excluding hydrogens is 393 g/mol. The third kappa shape index (κ3) is 4.76. The molecule has 0 bridgehead atoms. The molecule has 1 aromatic rings. The zero-order valence-electron chi connectivity index (χ0n) is 17.2. The van der Waals surface area contributed by atoms with E-state index in [1.165, 1.54) is 24.3 Å². The van der Waals surface area contributed by atoms with Crippen molar-refractivity contribution in [2.75, 3.05) is 44.6 Å². The fourth-order valence-electron chi connectivity index (χ4n) is 3.58. The van der Waals surface area contributed by atoms with Crippen molar-refractivity contribution in [2.45, 2.75) is 25.8 Å². The lowest BCUT2D eigenvalue weighted by atomic mass is 9.99. The summed E-state index contributed by atoms with van der Waals surface area (Å²) in [6.07, 6.45) is 0.449. The second kappa shape index (κ2) is 8.78. The highest BCUT2D eigenvalue weighted by molar-refractivity contribution is 6.08. The van der Waals surface area contributed by atoms with Gasteiger partial charge in [0, 0.05) is 5.69 Å². The van der Waals surface area contributed by atoms with E-state index in [0.717, 1.165) is 9.80 Å². The van der Waals surface area contributed by atoms with Crippen LogP contribution in [0.15, 0.2) is 24.3 Å². The van der Waals surface area contributed by atoms with Gasteiger partial charge in [-0.3, -0.25) is 19.3 Å². The van der Waals surface area contributed by atoms with Gasteiger partial charge in [-0.25, -0.2) is 9.18 Å². The van der Waals surface area contributed by atoms with Crippen molar-refractivity contribution in [3.05, 3.63) is 30.1 Å². The Morgan fingerprint density at radius 3 is 2.40 bits per heavy atom. The van der Waals surface area contributed by atoms with Crippen LogP contribution in [0, 0.1) is 5.82 Å². The molecule has 0 aromatic heterocycles. The molecule has 0 aliphatic carbocycles. The normalized spacial score (nSPS) is 22.2. The Morgan fingerprint density at radius 1 is 1.20 bits per heavy atom. The Labute approximate surface area is 174 Å². The van der Waals surface area contributed by atoms with E-state index in [-0.39, 0.29) is 36.6 Å². The summed E-state index contributed by atoms with van der Waals surface area (Å²) in [5.41, 5.74) is -0.430. The molecule has 30 heavy (non-hydrogen) atoms. The van der Waals surface area contributed by atoms with Gasteiger partial charge in [0.2, 0.25) is 5.91 Å². The average molecular weight is 420 g/mol. The van der Waals surface area contributed by atoms with E-state index in [9.17, 15) is 23.6 Å². The van der Waals surface area contributed by atoms with E-state index in [0.29, 0.717) is 38.3 Å². The first-order valence-electron chi connectivity index (χ1n) is 10.0. The molecule has 0 radical (unpaired) electrons. The molecule has 1 aromatic carbocycles. The Morgan fingerprint density at radius 2 is 1.83 bits per heavy atom. The van der Waals surface area contributed by atoms with Gasteiger partial charge in [0.25, 0.3) is 11.8 Å². The van der Waals surface area contributed by atoms with Crippen LogP contribution in [-0.4, -0.2) is 78.4 Å². The maximum atomic E-state index is 12.9. The number of nitrogens with one attached hydrogen (secondary N) is 3. The zero-order chi connectivity index (χ0) is 21.9. The molecule has 10 heteroatoms. The summed E-state index contributed by atoms with van der Waals surface area (Å²) in [5, 5.41) is 5.36. The van der Waals surface area contributed by atoms with Crippen LogP contribution < -0.4 is 15.5 Å². The van der Waals surface area contributed by atoms with Crippen LogP contribution in [0.3, 0.4) is 0 Å². The topological polar surface area (TPSA) is 103 Å². The van der Waals surface area contributed by atoms with Gasteiger partial charge in [-0.2, -0.15) is 0 Å². The van der Waals surface area contributed by atoms with E-state index >= 15 is 0 Å². The van der Waals surface area contributed by atoms with Crippen molar-refractivity contribution in [1.82, 2.24) is 15.1 Å². The van der Waals surface area contributed by atoms with Crippen LogP contribution in [-0.2, 0) is 14.4 Å². The lowest BCUT2D eigenvalue weighted by molar-refractivity contribution is -0.895. The van der Waals surface area contributed by atoms with Crippen molar-refractivity contribution < 1.29 is 28.5 Å². The summed E-state index contributed by atoms with van der Waals surface area (Å²) in [6.45, 7) is 5.45. The largest absolute Gasteiger partial charge is 0.330 e. The van der Waals surface area contributed by atoms with Crippen molar-refractivity contribution >= 4 is 29.4 Å². The summed E-state index contributed by atoms with van der Waals surface area (Å²) >= 11 is 0. The van der Waals surface area contributed by atoms with Crippen LogP contribution in [0.2, 0.25) is 0 Å². The number of urea groups is 1. The van der Waals surface area contributed by atoms with Crippen LogP contribution >= 0.6 is 0 Å². The van der Waals surface area contributed by atoms with Crippen molar-refractivity contribution in [3.8, 4) is 0 Å². The Balaban J connectivity index is 1.45. The minimum atomic E-state index is -0.960. The molecule has 2 heterocycles. The predicted octanol–water partition coefficient (Wildman–Crippen LogP) is -0.788. The van der Waals surface area contributed by atoms with E-state index in [4.69, 9.17) is 0 Å². The number of carbonyl (C=O) groups is 4. The van der Waals surface area contributed by atoms with E-state index in [2.05, 4.69) is 10.6 Å². The maximum absolute atomic E-state index is 12.9. The molecule has 0 saturated carbocycles. The van der Waals surface area contributed by atoms with Gasteiger partial charge in [-0.15, -0.1) is 0 Å². The third-order valence-electron chi connectivity index (χ3n) is 5.71. The van der Waals surface area contributed by atoms with Crippen molar-refractivity contribution in [3.63, 3.8) is 0 Å². The number of benzene rings is 1. The predicted molar refractivity (Wildman–Crippen MR) is 106 cm³/mol. The number of piperazine rings is 1. The second-order valence-electron chi connectivity index (χ2n) is 7.87. The van der Waals surface area contributed by atoms with E-state index in [1.54, 1.807) is 18.7 Å².